The Hall–Kier alpha value is -2.30. The van der Waals surface area contributed by atoms with Gasteiger partial charge in [0.25, 0.3) is 5.91 Å². The highest BCUT2D eigenvalue weighted by molar-refractivity contribution is 5.95. The summed E-state index contributed by atoms with van der Waals surface area (Å²) in [4.78, 5) is 14.8. The summed E-state index contributed by atoms with van der Waals surface area (Å²) in [5.74, 6) is 0.987. The molecule has 5 heteroatoms. The second-order valence-electron chi connectivity index (χ2n) is 7.03. The molecule has 1 fully saturated rings. The van der Waals surface area contributed by atoms with Gasteiger partial charge in [0.05, 0.1) is 5.69 Å². The largest absolute Gasteiger partial charge is 0.381 e. The van der Waals surface area contributed by atoms with Crippen LogP contribution < -0.4 is 5.32 Å². The molecule has 25 heavy (non-hydrogen) atoms. The average Bonchev–Trinajstić information content (AvgIpc) is 2.92. The molecule has 0 radical (unpaired) electrons. The minimum absolute atomic E-state index is 0.146. The van der Waals surface area contributed by atoms with Crippen molar-refractivity contribution in [3.8, 4) is 0 Å². The predicted octanol–water partition coefficient (Wildman–Crippen LogP) is 4.23. The van der Waals surface area contributed by atoms with E-state index in [-0.39, 0.29) is 5.91 Å². The molecule has 1 saturated heterocycles. The fourth-order valence-corrected chi connectivity index (χ4v) is 3.50. The second-order valence-corrected chi connectivity index (χ2v) is 7.03. The molecule has 3 rings (SSSR count). The van der Waals surface area contributed by atoms with Gasteiger partial charge in [0.1, 0.15) is 5.76 Å². The van der Waals surface area contributed by atoms with Crippen molar-refractivity contribution in [1.82, 2.24) is 10.1 Å². The number of carbonyl (C=O) groups excluding carboxylic acids is 1. The number of hydrogen-bond acceptors (Lipinski definition) is 4. The van der Waals surface area contributed by atoms with Crippen molar-refractivity contribution in [2.75, 3.05) is 11.9 Å². The molecule has 1 aliphatic heterocycles. The first kappa shape index (κ1) is 17.5. The summed E-state index contributed by atoms with van der Waals surface area (Å²) < 4.78 is 5.20. The molecule has 1 N–H and O–H groups in total. The van der Waals surface area contributed by atoms with Gasteiger partial charge in [-0.1, -0.05) is 5.16 Å². The molecule has 1 atom stereocenters. The zero-order valence-corrected chi connectivity index (χ0v) is 15.6. The molecule has 1 amide bonds. The zero-order valence-electron chi connectivity index (χ0n) is 15.6. The minimum Gasteiger partial charge on any atom is -0.381 e. The van der Waals surface area contributed by atoms with E-state index in [9.17, 15) is 4.79 Å². The molecule has 2 heterocycles. The Morgan fingerprint density at radius 1 is 1.32 bits per heavy atom. The maximum absolute atomic E-state index is 12.8. The molecule has 0 unspecified atom stereocenters. The maximum atomic E-state index is 12.8. The van der Waals surface area contributed by atoms with Crippen LogP contribution in [0.2, 0.25) is 0 Å². The predicted molar refractivity (Wildman–Crippen MR) is 98.8 cm³/mol. The van der Waals surface area contributed by atoms with Gasteiger partial charge < -0.3 is 14.7 Å². The molecular formula is C20H27N3O2. The molecule has 1 aromatic carbocycles. The Balaban J connectivity index is 1.71. The molecule has 5 nitrogen and oxygen atoms in total. The first-order valence-electron chi connectivity index (χ1n) is 9.04. The lowest BCUT2D eigenvalue weighted by molar-refractivity contribution is 0.0635. The lowest BCUT2D eigenvalue weighted by atomic mass is 10.0. The number of nitrogens with zero attached hydrogens (tertiary/aromatic N) is 2. The van der Waals surface area contributed by atoms with Gasteiger partial charge in [0.15, 0.2) is 0 Å². The van der Waals surface area contributed by atoms with E-state index in [0.717, 1.165) is 53.2 Å². The SMILES string of the molecule is Cc1cc(C(=O)N2CCCC[C@H]2C)ccc1NCc1c(C)noc1C. The van der Waals surface area contributed by atoms with Gasteiger partial charge in [-0.25, -0.2) is 0 Å². The first-order chi connectivity index (χ1) is 12.0. The quantitative estimate of drug-likeness (QED) is 0.904. The highest BCUT2D eigenvalue weighted by Crippen LogP contribution is 2.23. The van der Waals surface area contributed by atoms with Crippen LogP contribution in [0.5, 0.6) is 0 Å². The van der Waals surface area contributed by atoms with Gasteiger partial charge in [-0.3, -0.25) is 4.79 Å². The number of aromatic nitrogens is 1. The number of aryl methyl sites for hydroxylation is 3. The third-order valence-corrected chi connectivity index (χ3v) is 5.17. The number of rotatable bonds is 4. The highest BCUT2D eigenvalue weighted by atomic mass is 16.5. The van der Waals surface area contributed by atoms with Crippen molar-refractivity contribution in [2.45, 2.75) is 59.5 Å². The van der Waals surface area contributed by atoms with Gasteiger partial charge in [-0.15, -0.1) is 0 Å². The molecule has 0 spiro atoms. The van der Waals surface area contributed by atoms with Gasteiger partial charge in [-0.05, 0) is 70.7 Å². The second kappa shape index (κ2) is 7.30. The average molecular weight is 341 g/mol. The van der Waals surface area contributed by atoms with E-state index in [1.165, 1.54) is 6.42 Å². The van der Waals surface area contributed by atoms with Crippen molar-refractivity contribution in [3.63, 3.8) is 0 Å². The topological polar surface area (TPSA) is 58.4 Å². The third-order valence-electron chi connectivity index (χ3n) is 5.17. The Kier molecular flexibility index (Phi) is 5.11. The van der Waals surface area contributed by atoms with Crippen molar-refractivity contribution in [3.05, 3.63) is 46.3 Å². The van der Waals surface area contributed by atoms with Crippen LogP contribution in [0, 0.1) is 20.8 Å². The Morgan fingerprint density at radius 3 is 2.76 bits per heavy atom. The van der Waals surface area contributed by atoms with Crippen LogP contribution in [-0.4, -0.2) is 28.6 Å². The molecule has 2 aromatic rings. The lowest BCUT2D eigenvalue weighted by Gasteiger charge is -2.33. The molecule has 0 bridgehead atoms. The summed E-state index contributed by atoms with van der Waals surface area (Å²) in [7, 11) is 0. The Morgan fingerprint density at radius 2 is 2.12 bits per heavy atom. The van der Waals surface area contributed by atoms with Crippen LogP contribution in [0.25, 0.3) is 0 Å². The number of amides is 1. The van der Waals surface area contributed by atoms with Crippen LogP contribution in [-0.2, 0) is 6.54 Å². The number of nitrogens with one attached hydrogen (secondary N) is 1. The number of hydrogen-bond donors (Lipinski definition) is 1. The van der Waals surface area contributed by atoms with Gasteiger partial charge in [0, 0.05) is 35.9 Å². The van der Waals surface area contributed by atoms with Crippen molar-refractivity contribution in [2.24, 2.45) is 0 Å². The fraction of sp³-hybridized carbons (Fsp3) is 0.500. The summed E-state index contributed by atoms with van der Waals surface area (Å²) >= 11 is 0. The van der Waals surface area contributed by atoms with Crippen LogP contribution in [0.15, 0.2) is 22.7 Å². The number of piperidine rings is 1. The van der Waals surface area contributed by atoms with Crippen molar-refractivity contribution < 1.29 is 9.32 Å². The summed E-state index contributed by atoms with van der Waals surface area (Å²) in [6.45, 7) is 9.58. The Bertz CT molecular complexity index is 747. The smallest absolute Gasteiger partial charge is 0.254 e. The molecule has 134 valence electrons. The highest BCUT2D eigenvalue weighted by Gasteiger charge is 2.24. The van der Waals surface area contributed by atoms with E-state index in [0.29, 0.717) is 12.6 Å². The van der Waals surface area contributed by atoms with Gasteiger partial charge >= 0.3 is 0 Å². The molecule has 0 aliphatic carbocycles. The van der Waals surface area contributed by atoms with Gasteiger partial charge in [0.2, 0.25) is 0 Å². The van der Waals surface area contributed by atoms with E-state index in [1.807, 2.05) is 43.9 Å². The maximum Gasteiger partial charge on any atom is 0.254 e. The third kappa shape index (κ3) is 3.70. The summed E-state index contributed by atoms with van der Waals surface area (Å²) in [5.41, 5.74) is 4.87. The summed E-state index contributed by atoms with van der Waals surface area (Å²) in [6.07, 6.45) is 3.42. The zero-order chi connectivity index (χ0) is 18.0. The summed E-state index contributed by atoms with van der Waals surface area (Å²) in [6, 6.07) is 6.24. The van der Waals surface area contributed by atoms with E-state index < -0.39 is 0 Å². The van der Waals surface area contributed by atoms with Crippen LogP contribution in [0.3, 0.4) is 0 Å². The van der Waals surface area contributed by atoms with E-state index in [2.05, 4.69) is 17.4 Å². The Labute approximate surface area is 149 Å². The molecule has 0 saturated carbocycles. The number of carbonyl (C=O) groups is 1. The monoisotopic (exact) mass is 341 g/mol. The minimum atomic E-state index is 0.146. The van der Waals surface area contributed by atoms with Crippen LogP contribution in [0.1, 0.15) is 59.1 Å². The van der Waals surface area contributed by atoms with E-state index in [1.54, 1.807) is 0 Å². The lowest BCUT2D eigenvalue weighted by Crippen LogP contribution is -2.42. The van der Waals surface area contributed by atoms with E-state index in [4.69, 9.17) is 4.52 Å². The number of benzene rings is 1. The summed E-state index contributed by atoms with van der Waals surface area (Å²) in [5, 5.41) is 7.41. The number of anilines is 1. The van der Waals surface area contributed by atoms with Crippen molar-refractivity contribution in [1.29, 1.82) is 0 Å². The van der Waals surface area contributed by atoms with Crippen molar-refractivity contribution >= 4 is 11.6 Å². The molecular weight excluding hydrogens is 314 g/mol. The van der Waals surface area contributed by atoms with Crippen LogP contribution >= 0.6 is 0 Å². The first-order valence-corrected chi connectivity index (χ1v) is 9.04. The number of likely N-dealkylation sites (tertiary alicyclic amines) is 1. The van der Waals surface area contributed by atoms with Gasteiger partial charge in [-0.2, -0.15) is 0 Å². The van der Waals surface area contributed by atoms with E-state index >= 15 is 0 Å². The fourth-order valence-electron chi connectivity index (χ4n) is 3.50. The standard InChI is InChI=1S/C20H27N3O2/c1-13-11-17(20(24)23-10-6-5-7-14(23)2)8-9-19(13)21-12-18-15(3)22-25-16(18)4/h8-9,11,14,21H,5-7,10,12H2,1-4H3/t14-/m1/s1. The van der Waals surface area contributed by atoms with Crippen LogP contribution in [0.4, 0.5) is 5.69 Å². The molecule has 1 aliphatic rings. The normalized spacial score (nSPS) is 17.6. The molecule has 1 aromatic heterocycles.